The van der Waals surface area contributed by atoms with E-state index in [0.29, 0.717) is 11.3 Å². The molecule has 2 aromatic carbocycles. The van der Waals surface area contributed by atoms with E-state index in [0.717, 1.165) is 0 Å². The first kappa shape index (κ1) is 14.5. The summed E-state index contributed by atoms with van der Waals surface area (Å²) in [7, 11) is 0. The molecule has 2 rings (SSSR count). The van der Waals surface area contributed by atoms with Crippen LogP contribution in [-0.4, -0.2) is 17.1 Å². The predicted octanol–water partition coefficient (Wildman–Crippen LogP) is 2.85. The number of carbonyl (C=O) groups excluding carboxylic acids is 1. The molecule has 0 radical (unpaired) electrons. The molecular formula is C15H13FN2O3. The highest BCUT2D eigenvalue weighted by molar-refractivity contribution is 5.91. The second-order valence-corrected chi connectivity index (χ2v) is 4.32. The maximum absolute atomic E-state index is 13.0. The van der Waals surface area contributed by atoms with Crippen molar-refractivity contribution in [1.29, 1.82) is 0 Å². The van der Waals surface area contributed by atoms with Crippen LogP contribution in [0, 0.1) is 5.82 Å². The van der Waals surface area contributed by atoms with E-state index < -0.39 is 12.0 Å². The molecule has 0 aliphatic heterocycles. The zero-order valence-corrected chi connectivity index (χ0v) is 11.0. The van der Waals surface area contributed by atoms with E-state index in [2.05, 4.69) is 10.6 Å². The fraction of sp³-hybridized carbons (Fsp3) is 0.0667. The normalized spacial score (nSPS) is 9.95. The minimum atomic E-state index is -1.03. The minimum absolute atomic E-state index is 0.140. The van der Waals surface area contributed by atoms with Crippen LogP contribution in [0.5, 0.6) is 0 Å². The summed E-state index contributed by atoms with van der Waals surface area (Å²) in [5, 5.41) is 13.9. The van der Waals surface area contributed by atoms with Crippen molar-refractivity contribution in [3.8, 4) is 0 Å². The van der Waals surface area contributed by atoms with Gasteiger partial charge in [0, 0.05) is 12.2 Å². The van der Waals surface area contributed by atoms with Gasteiger partial charge in [0.2, 0.25) is 0 Å². The number of rotatable bonds is 4. The molecule has 21 heavy (non-hydrogen) atoms. The van der Waals surface area contributed by atoms with Crippen LogP contribution in [0.2, 0.25) is 0 Å². The van der Waals surface area contributed by atoms with E-state index in [9.17, 15) is 14.0 Å². The summed E-state index contributed by atoms with van der Waals surface area (Å²) in [5.41, 5.74) is 1.25. The molecule has 0 fully saturated rings. The lowest BCUT2D eigenvalue weighted by Crippen LogP contribution is -2.28. The van der Waals surface area contributed by atoms with Gasteiger partial charge in [0.1, 0.15) is 5.82 Å². The van der Waals surface area contributed by atoms with Gasteiger partial charge in [-0.3, -0.25) is 0 Å². The molecule has 0 heterocycles. The Bertz CT molecular complexity index is 656. The molecule has 0 aliphatic rings. The van der Waals surface area contributed by atoms with Gasteiger partial charge in [0.05, 0.1) is 5.56 Å². The molecule has 6 heteroatoms. The lowest BCUT2D eigenvalue weighted by Gasteiger charge is -2.08. The fourth-order valence-corrected chi connectivity index (χ4v) is 1.70. The third kappa shape index (κ3) is 4.31. The first-order valence-corrected chi connectivity index (χ1v) is 6.17. The number of benzene rings is 2. The minimum Gasteiger partial charge on any atom is -0.478 e. The van der Waals surface area contributed by atoms with Crippen LogP contribution in [0.15, 0.2) is 48.5 Å². The second-order valence-electron chi connectivity index (χ2n) is 4.32. The van der Waals surface area contributed by atoms with E-state index >= 15 is 0 Å². The van der Waals surface area contributed by atoms with Crippen molar-refractivity contribution < 1.29 is 19.1 Å². The highest BCUT2D eigenvalue weighted by Crippen LogP contribution is 2.09. The number of urea groups is 1. The van der Waals surface area contributed by atoms with Crippen molar-refractivity contribution in [2.24, 2.45) is 0 Å². The summed E-state index contributed by atoms with van der Waals surface area (Å²) in [6.45, 7) is 0.191. The summed E-state index contributed by atoms with van der Waals surface area (Å²) < 4.78 is 13.0. The van der Waals surface area contributed by atoms with E-state index in [4.69, 9.17) is 5.11 Å². The molecular weight excluding hydrogens is 275 g/mol. The first-order chi connectivity index (χ1) is 10.0. The largest absolute Gasteiger partial charge is 0.478 e. The SMILES string of the molecule is O=C(NCc1cccc(F)c1)Nc1ccc(C(=O)O)cc1. The van der Waals surface area contributed by atoms with Gasteiger partial charge in [-0.25, -0.2) is 14.0 Å². The van der Waals surface area contributed by atoms with Crippen LogP contribution in [-0.2, 0) is 6.54 Å². The topological polar surface area (TPSA) is 78.4 Å². The summed E-state index contributed by atoms with van der Waals surface area (Å²) >= 11 is 0. The maximum Gasteiger partial charge on any atom is 0.335 e. The zero-order valence-electron chi connectivity index (χ0n) is 11.0. The molecule has 0 unspecified atom stereocenters. The van der Waals surface area contributed by atoms with Gasteiger partial charge in [-0.2, -0.15) is 0 Å². The Morgan fingerprint density at radius 3 is 2.43 bits per heavy atom. The van der Waals surface area contributed by atoms with Gasteiger partial charge >= 0.3 is 12.0 Å². The van der Waals surface area contributed by atoms with Crippen molar-refractivity contribution in [2.45, 2.75) is 6.54 Å². The monoisotopic (exact) mass is 288 g/mol. The van der Waals surface area contributed by atoms with Crippen LogP contribution in [0.1, 0.15) is 15.9 Å². The summed E-state index contributed by atoms with van der Waals surface area (Å²) in [4.78, 5) is 22.3. The molecule has 0 saturated carbocycles. The van der Waals surface area contributed by atoms with E-state index in [1.807, 2.05) is 0 Å². The fourth-order valence-electron chi connectivity index (χ4n) is 1.70. The molecule has 0 atom stereocenters. The smallest absolute Gasteiger partial charge is 0.335 e. The van der Waals surface area contributed by atoms with Crippen molar-refractivity contribution >= 4 is 17.7 Å². The number of carboxylic acids is 1. The number of aromatic carboxylic acids is 1. The highest BCUT2D eigenvalue weighted by atomic mass is 19.1. The maximum atomic E-state index is 13.0. The summed E-state index contributed by atoms with van der Waals surface area (Å²) in [6, 6.07) is 11.2. The number of hydrogen-bond donors (Lipinski definition) is 3. The van der Waals surface area contributed by atoms with E-state index in [-0.39, 0.29) is 17.9 Å². The molecule has 2 aromatic rings. The molecule has 108 valence electrons. The van der Waals surface area contributed by atoms with Gasteiger partial charge in [0.25, 0.3) is 0 Å². The Morgan fingerprint density at radius 1 is 1.10 bits per heavy atom. The Labute approximate surface area is 120 Å². The van der Waals surface area contributed by atoms with E-state index in [1.54, 1.807) is 12.1 Å². The third-order valence-corrected chi connectivity index (χ3v) is 2.73. The quantitative estimate of drug-likeness (QED) is 0.809. The molecule has 5 nitrogen and oxygen atoms in total. The molecule has 0 aliphatic carbocycles. The average molecular weight is 288 g/mol. The van der Waals surface area contributed by atoms with Crippen molar-refractivity contribution in [1.82, 2.24) is 5.32 Å². The van der Waals surface area contributed by atoms with Gasteiger partial charge < -0.3 is 15.7 Å². The van der Waals surface area contributed by atoms with Crippen LogP contribution >= 0.6 is 0 Å². The molecule has 3 N–H and O–H groups in total. The number of anilines is 1. The molecule has 0 spiro atoms. The van der Waals surface area contributed by atoms with Crippen LogP contribution in [0.4, 0.5) is 14.9 Å². The molecule has 0 bridgehead atoms. The highest BCUT2D eigenvalue weighted by Gasteiger charge is 2.05. The van der Waals surface area contributed by atoms with Crippen molar-refractivity contribution in [3.63, 3.8) is 0 Å². The lowest BCUT2D eigenvalue weighted by atomic mass is 10.2. The Balaban J connectivity index is 1.88. The predicted molar refractivity (Wildman–Crippen MR) is 75.7 cm³/mol. The van der Waals surface area contributed by atoms with E-state index in [1.165, 1.54) is 36.4 Å². The number of carboxylic acid groups (broad SMARTS) is 1. The van der Waals surface area contributed by atoms with Gasteiger partial charge in [-0.15, -0.1) is 0 Å². The van der Waals surface area contributed by atoms with Gasteiger partial charge in [-0.1, -0.05) is 12.1 Å². The van der Waals surface area contributed by atoms with Crippen molar-refractivity contribution in [2.75, 3.05) is 5.32 Å². The standard InChI is InChI=1S/C15H13FN2O3/c16-12-3-1-2-10(8-12)9-17-15(21)18-13-6-4-11(5-7-13)14(19)20/h1-8H,9H2,(H,19,20)(H2,17,18,21). The molecule has 0 aromatic heterocycles. The lowest BCUT2D eigenvalue weighted by molar-refractivity contribution is 0.0697. The molecule has 2 amide bonds. The van der Waals surface area contributed by atoms with Crippen LogP contribution in [0.3, 0.4) is 0 Å². The first-order valence-electron chi connectivity index (χ1n) is 6.17. The van der Waals surface area contributed by atoms with Crippen LogP contribution < -0.4 is 10.6 Å². The Kier molecular flexibility index (Phi) is 4.50. The summed E-state index contributed by atoms with van der Waals surface area (Å²) in [6.07, 6.45) is 0. The summed E-state index contributed by atoms with van der Waals surface area (Å²) in [5.74, 6) is -1.39. The average Bonchev–Trinajstić information content (AvgIpc) is 2.46. The van der Waals surface area contributed by atoms with Gasteiger partial charge in [0.15, 0.2) is 0 Å². The number of halogens is 1. The third-order valence-electron chi connectivity index (χ3n) is 2.73. The second kappa shape index (κ2) is 6.51. The van der Waals surface area contributed by atoms with Crippen molar-refractivity contribution in [3.05, 3.63) is 65.5 Å². The number of hydrogen-bond acceptors (Lipinski definition) is 2. The number of carbonyl (C=O) groups is 2. The number of nitrogens with one attached hydrogen (secondary N) is 2. The molecule has 0 saturated heterocycles. The Hall–Kier alpha value is -2.89. The zero-order chi connectivity index (χ0) is 15.2. The Morgan fingerprint density at radius 2 is 1.81 bits per heavy atom. The van der Waals surface area contributed by atoms with Gasteiger partial charge in [-0.05, 0) is 42.0 Å². The van der Waals surface area contributed by atoms with Crippen LogP contribution in [0.25, 0.3) is 0 Å². The number of amides is 2.